The number of esters is 1. The van der Waals surface area contributed by atoms with Gasteiger partial charge in [0.15, 0.2) is 5.78 Å². The molecule has 0 saturated carbocycles. The number of halogens is 1. The number of Topliss-reactive ketones (excluding diaryl/α,β-unsaturated/α-hetero) is 1. The average Bonchev–Trinajstić information content (AvgIpc) is 2.35. The first-order valence-corrected chi connectivity index (χ1v) is 5.50. The van der Waals surface area contributed by atoms with Crippen LogP contribution in [0.2, 0.25) is 5.02 Å². The fourth-order valence-corrected chi connectivity index (χ4v) is 1.61. The molecule has 0 N–H and O–H groups in total. The maximum absolute atomic E-state index is 11.4. The molecular weight excluding hydrogens is 274 g/mol. The van der Waals surface area contributed by atoms with Gasteiger partial charge in [-0.25, -0.2) is 4.79 Å². The van der Waals surface area contributed by atoms with E-state index in [-0.39, 0.29) is 21.8 Å². The first-order valence-electron chi connectivity index (χ1n) is 5.12. The Morgan fingerprint density at radius 1 is 1.42 bits per heavy atom. The fraction of sp³-hybridized carbons (Fsp3) is 0.167. The zero-order valence-corrected chi connectivity index (χ0v) is 10.9. The lowest BCUT2D eigenvalue weighted by atomic mass is 10.1. The van der Waals surface area contributed by atoms with E-state index < -0.39 is 16.7 Å². The molecule has 0 fully saturated rings. The van der Waals surface area contributed by atoms with Crippen molar-refractivity contribution in [2.24, 2.45) is 0 Å². The lowest BCUT2D eigenvalue weighted by Crippen LogP contribution is -2.11. The van der Waals surface area contributed by atoms with E-state index >= 15 is 0 Å². The zero-order valence-electron chi connectivity index (χ0n) is 10.2. The van der Waals surface area contributed by atoms with Gasteiger partial charge in [-0.1, -0.05) is 23.7 Å². The van der Waals surface area contributed by atoms with Crippen molar-refractivity contribution in [1.29, 1.82) is 0 Å². The number of ether oxygens (including phenoxy) is 1. The number of hydrogen-bond donors (Lipinski definition) is 0. The third-order valence-electron chi connectivity index (χ3n) is 2.29. The summed E-state index contributed by atoms with van der Waals surface area (Å²) < 4.78 is 4.46. The molecule has 0 spiro atoms. The van der Waals surface area contributed by atoms with Crippen LogP contribution in [0.1, 0.15) is 12.5 Å². The second-order valence-electron chi connectivity index (χ2n) is 3.54. The van der Waals surface area contributed by atoms with Crippen molar-refractivity contribution in [2.75, 3.05) is 7.11 Å². The maximum Gasteiger partial charge on any atom is 0.341 e. The van der Waals surface area contributed by atoms with Crippen LogP contribution < -0.4 is 0 Å². The van der Waals surface area contributed by atoms with Crippen molar-refractivity contribution >= 4 is 35.1 Å². The highest BCUT2D eigenvalue weighted by atomic mass is 35.5. The number of methoxy groups -OCH3 is 1. The highest BCUT2D eigenvalue weighted by molar-refractivity contribution is 6.34. The molecule has 0 aliphatic heterocycles. The molecule has 0 amide bonds. The molecule has 0 unspecified atom stereocenters. The van der Waals surface area contributed by atoms with Gasteiger partial charge in [-0.2, -0.15) is 0 Å². The average molecular weight is 284 g/mol. The van der Waals surface area contributed by atoms with Gasteiger partial charge in [0.25, 0.3) is 5.69 Å². The molecule has 0 radical (unpaired) electrons. The van der Waals surface area contributed by atoms with Crippen LogP contribution in [0.4, 0.5) is 5.69 Å². The highest BCUT2D eigenvalue weighted by Crippen LogP contribution is 2.29. The molecule has 100 valence electrons. The van der Waals surface area contributed by atoms with Gasteiger partial charge in [-0.15, -0.1) is 0 Å². The minimum Gasteiger partial charge on any atom is -0.465 e. The number of ketones is 1. The molecule has 0 atom stereocenters. The Morgan fingerprint density at radius 3 is 2.53 bits per heavy atom. The van der Waals surface area contributed by atoms with Crippen molar-refractivity contribution < 1.29 is 19.2 Å². The molecule has 6 nitrogen and oxygen atoms in total. The molecule has 0 saturated heterocycles. The van der Waals surface area contributed by atoms with E-state index in [0.717, 1.165) is 7.11 Å². The Labute approximate surface area is 113 Å². The van der Waals surface area contributed by atoms with Crippen molar-refractivity contribution in [3.05, 3.63) is 44.5 Å². The summed E-state index contributed by atoms with van der Waals surface area (Å²) in [7, 11) is 1.13. The number of benzene rings is 1. The predicted octanol–water partition coefficient (Wildman–Crippen LogP) is 2.39. The molecule has 0 heterocycles. The van der Waals surface area contributed by atoms with Crippen LogP contribution >= 0.6 is 11.6 Å². The number of carbonyl (C=O) groups excluding carboxylic acids is 2. The third kappa shape index (κ3) is 3.38. The standard InChI is InChI=1S/C12H10ClNO5/c1-7(15)9(12(16)19-2)6-8-4-3-5-10(11(8)13)14(17)18/h3-6H,1-2H3. The molecule has 1 rings (SSSR count). The van der Waals surface area contributed by atoms with Gasteiger partial charge in [-0.3, -0.25) is 14.9 Å². The minimum absolute atomic E-state index is 0.143. The minimum atomic E-state index is -0.824. The summed E-state index contributed by atoms with van der Waals surface area (Å²) in [5.41, 5.74) is -0.334. The normalized spacial score (nSPS) is 11.0. The van der Waals surface area contributed by atoms with Crippen LogP contribution in [0.25, 0.3) is 6.08 Å². The summed E-state index contributed by atoms with van der Waals surface area (Å²) in [5.74, 6) is -1.34. The van der Waals surface area contributed by atoms with E-state index in [1.54, 1.807) is 0 Å². The number of carbonyl (C=O) groups is 2. The second kappa shape index (κ2) is 6.10. The van der Waals surface area contributed by atoms with Crippen molar-refractivity contribution in [3.63, 3.8) is 0 Å². The van der Waals surface area contributed by atoms with Gasteiger partial charge in [-0.05, 0) is 13.0 Å². The molecule has 1 aromatic rings. The van der Waals surface area contributed by atoms with Crippen LogP contribution in [-0.4, -0.2) is 23.8 Å². The SMILES string of the molecule is COC(=O)C(=Cc1cccc([N+](=O)[O-])c1Cl)C(C)=O. The zero-order chi connectivity index (χ0) is 14.6. The lowest BCUT2D eigenvalue weighted by Gasteiger charge is -2.03. The molecule has 0 aliphatic carbocycles. The number of hydrogen-bond acceptors (Lipinski definition) is 5. The molecule has 0 aromatic heterocycles. The van der Waals surface area contributed by atoms with Gasteiger partial charge in [0.2, 0.25) is 0 Å². The quantitative estimate of drug-likeness (QED) is 0.211. The second-order valence-corrected chi connectivity index (χ2v) is 3.92. The molecular formula is C12H10ClNO5. The number of nitro groups is 1. The van der Waals surface area contributed by atoms with E-state index in [1.807, 2.05) is 0 Å². The summed E-state index contributed by atoms with van der Waals surface area (Å²) in [6.45, 7) is 1.19. The fourth-order valence-electron chi connectivity index (χ4n) is 1.36. The molecule has 7 heteroatoms. The Bertz CT molecular complexity index is 579. The Morgan fingerprint density at radius 2 is 2.05 bits per heavy atom. The summed E-state index contributed by atoms with van der Waals surface area (Å²) in [4.78, 5) is 32.8. The van der Waals surface area contributed by atoms with Crippen molar-refractivity contribution in [2.45, 2.75) is 6.92 Å². The van der Waals surface area contributed by atoms with Crippen LogP contribution in [-0.2, 0) is 14.3 Å². The topological polar surface area (TPSA) is 86.5 Å². The van der Waals surface area contributed by atoms with Gasteiger partial charge >= 0.3 is 5.97 Å². The Hall–Kier alpha value is -2.21. The molecule has 1 aromatic carbocycles. The first-order chi connectivity index (χ1) is 8.88. The Balaban J connectivity index is 3.37. The van der Waals surface area contributed by atoms with E-state index in [9.17, 15) is 19.7 Å². The first kappa shape index (κ1) is 14.8. The smallest absolute Gasteiger partial charge is 0.341 e. The summed E-state index contributed by atoms with van der Waals surface area (Å²) in [5, 5.41) is 10.6. The molecule has 0 aliphatic rings. The van der Waals surface area contributed by atoms with Gasteiger partial charge < -0.3 is 4.74 Å². The summed E-state index contributed by atoms with van der Waals surface area (Å²) >= 11 is 5.85. The van der Waals surface area contributed by atoms with Crippen LogP contribution in [0.15, 0.2) is 23.8 Å². The highest BCUT2D eigenvalue weighted by Gasteiger charge is 2.18. The summed E-state index contributed by atoms with van der Waals surface area (Å²) in [6, 6.07) is 4.09. The van der Waals surface area contributed by atoms with Crippen LogP contribution in [0.5, 0.6) is 0 Å². The summed E-state index contributed by atoms with van der Waals surface area (Å²) in [6.07, 6.45) is 1.17. The predicted molar refractivity (Wildman–Crippen MR) is 68.8 cm³/mol. The monoisotopic (exact) mass is 283 g/mol. The number of rotatable bonds is 4. The van der Waals surface area contributed by atoms with Gasteiger partial charge in [0.05, 0.1) is 12.0 Å². The van der Waals surface area contributed by atoms with E-state index in [4.69, 9.17) is 11.6 Å². The van der Waals surface area contributed by atoms with Gasteiger partial charge in [0.1, 0.15) is 10.6 Å². The van der Waals surface area contributed by atoms with Crippen molar-refractivity contribution in [3.8, 4) is 0 Å². The van der Waals surface area contributed by atoms with E-state index in [2.05, 4.69) is 4.74 Å². The van der Waals surface area contributed by atoms with Crippen LogP contribution in [0.3, 0.4) is 0 Å². The largest absolute Gasteiger partial charge is 0.465 e. The molecule has 0 bridgehead atoms. The third-order valence-corrected chi connectivity index (χ3v) is 2.70. The van der Waals surface area contributed by atoms with Gasteiger partial charge in [0, 0.05) is 11.6 Å². The van der Waals surface area contributed by atoms with Crippen molar-refractivity contribution in [1.82, 2.24) is 0 Å². The maximum atomic E-state index is 11.4. The van der Waals surface area contributed by atoms with E-state index in [1.165, 1.54) is 31.2 Å². The lowest BCUT2D eigenvalue weighted by molar-refractivity contribution is -0.384. The van der Waals surface area contributed by atoms with Crippen LogP contribution in [0, 0.1) is 10.1 Å². The number of nitro benzene ring substituents is 1. The number of nitrogens with zero attached hydrogens (tertiary/aromatic N) is 1. The molecule has 19 heavy (non-hydrogen) atoms. The van der Waals surface area contributed by atoms with E-state index in [0.29, 0.717) is 0 Å². The Kier molecular flexibility index (Phi) is 4.77.